The molecular weight excluding hydrogens is 1310 g/mol. The number of fused-ring (bicyclic) bond motifs is 4. The van der Waals surface area contributed by atoms with Gasteiger partial charge in [-0.15, -0.1) is 0 Å². The maximum Gasteiger partial charge on any atom is 0.0708 e. The van der Waals surface area contributed by atoms with Crippen molar-refractivity contribution in [2.24, 2.45) is 0 Å². The summed E-state index contributed by atoms with van der Waals surface area (Å²) in [5, 5.41) is 11.1. The Labute approximate surface area is 637 Å². The third-order valence-corrected chi connectivity index (χ3v) is 22.9. The number of benzene rings is 12. The summed E-state index contributed by atoms with van der Waals surface area (Å²) in [6.07, 6.45) is 7.66. The van der Waals surface area contributed by atoms with E-state index >= 15 is 0 Å². The van der Waals surface area contributed by atoms with Gasteiger partial charge in [-0.25, -0.2) is 0 Å². The first kappa shape index (κ1) is 70.8. The number of pyridine rings is 4. The van der Waals surface area contributed by atoms with Crippen molar-refractivity contribution in [2.45, 2.75) is 160 Å². The zero-order chi connectivity index (χ0) is 75.9. The van der Waals surface area contributed by atoms with Crippen LogP contribution in [0.25, 0.3) is 75.9 Å². The molecule has 12 aromatic carbocycles. The molecule has 0 spiro atoms. The lowest BCUT2D eigenvalue weighted by atomic mass is 9.86. The normalized spacial score (nSPS) is 12.4. The van der Waals surface area contributed by atoms with E-state index in [1.807, 2.05) is 24.8 Å². The van der Waals surface area contributed by atoms with Gasteiger partial charge < -0.3 is 19.6 Å². The van der Waals surface area contributed by atoms with Gasteiger partial charge in [0.15, 0.2) is 0 Å². The van der Waals surface area contributed by atoms with E-state index in [4.69, 9.17) is 19.9 Å². The van der Waals surface area contributed by atoms with Gasteiger partial charge in [-0.2, -0.15) is 0 Å². The summed E-state index contributed by atoms with van der Waals surface area (Å²) >= 11 is 0. The fourth-order valence-corrected chi connectivity index (χ4v) is 17.2. The molecular formula is C100H98N8. The Morgan fingerprint density at radius 3 is 0.602 bits per heavy atom. The maximum absolute atomic E-state index is 5.03. The molecule has 0 atom stereocenters. The van der Waals surface area contributed by atoms with Crippen molar-refractivity contribution in [1.29, 1.82) is 0 Å². The van der Waals surface area contributed by atoms with Crippen molar-refractivity contribution in [3.05, 3.63) is 298 Å². The Bertz CT molecular complexity index is 5480. The second kappa shape index (κ2) is 26.2. The largest absolute Gasteiger partial charge is 0.309 e. The Hall–Kier alpha value is -11.5. The minimum absolute atomic E-state index is 0.0970. The lowest BCUT2D eigenvalue weighted by Crippen LogP contribution is -2.19. The highest BCUT2D eigenvalue weighted by molar-refractivity contribution is 6.33. The van der Waals surface area contributed by atoms with Gasteiger partial charge in [0.05, 0.1) is 67.6 Å². The number of hydrogen-bond donors (Lipinski definition) is 0. The Kier molecular flexibility index (Phi) is 17.2. The van der Waals surface area contributed by atoms with Crippen LogP contribution in [0.3, 0.4) is 0 Å². The summed E-state index contributed by atoms with van der Waals surface area (Å²) in [5.74, 6) is 0. The number of aryl methyl sites for hydroxylation is 8. The summed E-state index contributed by atoms with van der Waals surface area (Å²) in [6, 6.07) is 78.8. The minimum atomic E-state index is -0.0970. The molecule has 16 rings (SSSR count). The highest BCUT2D eigenvalue weighted by Crippen LogP contribution is 2.58. The smallest absolute Gasteiger partial charge is 0.0708 e. The monoisotopic (exact) mass is 1410 g/mol. The first-order valence-corrected chi connectivity index (χ1v) is 38.3. The van der Waals surface area contributed by atoms with E-state index in [9.17, 15) is 0 Å². The molecule has 0 radical (unpaired) electrons. The molecule has 0 N–H and O–H groups in total. The van der Waals surface area contributed by atoms with E-state index in [2.05, 4.69) is 364 Å². The predicted molar refractivity (Wildman–Crippen MR) is 463 cm³/mol. The van der Waals surface area contributed by atoms with Gasteiger partial charge in [0.1, 0.15) is 0 Å². The van der Waals surface area contributed by atoms with E-state index < -0.39 is 0 Å². The predicted octanol–water partition coefficient (Wildman–Crippen LogP) is 28.3. The fraction of sp³-hybridized carbons (Fsp3) is 0.240. The molecule has 16 aromatic rings. The topological polar surface area (TPSA) is 64.5 Å². The van der Waals surface area contributed by atoms with Crippen LogP contribution in [0, 0.1) is 55.4 Å². The first-order valence-electron chi connectivity index (χ1n) is 38.3. The molecule has 4 heterocycles. The van der Waals surface area contributed by atoms with Gasteiger partial charge in [-0.05, 0) is 253 Å². The molecule has 0 aliphatic rings. The van der Waals surface area contributed by atoms with E-state index in [0.29, 0.717) is 0 Å². The van der Waals surface area contributed by atoms with Crippen molar-refractivity contribution in [1.82, 2.24) is 19.9 Å². The molecule has 8 nitrogen and oxygen atoms in total. The lowest BCUT2D eigenvalue weighted by Gasteiger charge is -2.37. The molecule has 0 aliphatic heterocycles. The van der Waals surface area contributed by atoms with E-state index in [1.54, 1.807) is 0 Å². The fourth-order valence-electron chi connectivity index (χ4n) is 17.2. The van der Waals surface area contributed by atoms with Crippen molar-refractivity contribution < 1.29 is 0 Å². The molecule has 8 heteroatoms. The van der Waals surface area contributed by atoms with Gasteiger partial charge in [0, 0.05) is 101 Å². The van der Waals surface area contributed by atoms with Crippen LogP contribution >= 0.6 is 0 Å². The SMILES string of the molecule is Cc1cc2ncccc2c(C)c1N(c1ccc(C(C)(C)C)cc1)c1cc(N(c2ccc(C(C)(C)C)cc2)c2c(C)cc3ncccc3c2C)c2ccc3c(N(c4ccc(C(C)(C)C)cc4)c4c(C)cc5ncccc5c4C)cc(N(c4ccc(C(C)(C)C)cc4)c4c(C)cc5ncccc5c4C)c4ccc1c2c43. The van der Waals surface area contributed by atoms with Crippen LogP contribution in [0.1, 0.15) is 150 Å². The molecule has 538 valence electrons. The van der Waals surface area contributed by atoms with Gasteiger partial charge in [-0.3, -0.25) is 19.9 Å². The molecule has 0 aliphatic carbocycles. The minimum Gasteiger partial charge on any atom is -0.309 e. The molecule has 0 saturated carbocycles. The van der Waals surface area contributed by atoms with Crippen LogP contribution in [0.4, 0.5) is 68.2 Å². The van der Waals surface area contributed by atoms with Crippen molar-refractivity contribution in [3.63, 3.8) is 0 Å². The highest BCUT2D eigenvalue weighted by Gasteiger charge is 2.34. The summed E-state index contributed by atoms with van der Waals surface area (Å²) in [6.45, 7) is 45.9. The van der Waals surface area contributed by atoms with Crippen LogP contribution in [-0.2, 0) is 21.7 Å². The molecule has 0 bridgehead atoms. The molecule has 0 amide bonds. The zero-order valence-electron chi connectivity index (χ0n) is 66.5. The van der Waals surface area contributed by atoms with Crippen LogP contribution in [0.2, 0.25) is 0 Å². The third-order valence-electron chi connectivity index (χ3n) is 22.9. The summed E-state index contributed by atoms with van der Waals surface area (Å²) in [5.41, 5.74) is 30.4. The Morgan fingerprint density at radius 2 is 0.417 bits per heavy atom. The van der Waals surface area contributed by atoms with Crippen LogP contribution < -0.4 is 19.6 Å². The number of hydrogen-bond acceptors (Lipinski definition) is 8. The standard InChI is InChI=1S/C100H98N8/c1-59-53-83-75(25-21-49-101-83)63(5)93(59)105(71-37-29-67(30-38-71)97(9,10)11)87-57-88(106(72-39-31-68(32-40-72)98(12,13)14)94-60(2)54-84-76(64(94)6)26-22-50-102-84)80-47-48-82-90(108(74-43-35-70(36-44-74)100(18,19)20)96-62(4)56-86-78(66(96)8)28-24-52-104-86)58-89(81-46-45-79(87)91(80)92(81)82)107(73-41-33-69(34-42-73)99(15,16)17)95-61(3)55-85-77(65(95)7)27-23-51-103-85/h21-58H,1-20H3. The summed E-state index contributed by atoms with van der Waals surface area (Å²) in [4.78, 5) is 30.5. The van der Waals surface area contributed by atoms with Crippen LogP contribution in [0.5, 0.6) is 0 Å². The van der Waals surface area contributed by atoms with Crippen molar-refractivity contribution >= 4 is 144 Å². The lowest BCUT2D eigenvalue weighted by molar-refractivity contribution is 0.590. The quantitative estimate of drug-likeness (QED) is 0.112. The number of rotatable bonds is 12. The summed E-state index contributed by atoms with van der Waals surface area (Å²) < 4.78 is 0. The van der Waals surface area contributed by atoms with E-state index in [-0.39, 0.29) is 21.7 Å². The second-order valence-corrected chi connectivity index (χ2v) is 34.4. The number of anilines is 12. The van der Waals surface area contributed by atoms with Crippen molar-refractivity contribution in [2.75, 3.05) is 19.6 Å². The highest BCUT2D eigenvalue weighted by atomic mass is 15.2. The molecule has 4 aromatic heterocycles. The summed E-state index contributed by atoms with van der Waals surface area (Å²) in [7, 11) is 0. The number of aromatic nitrogens is 4. The van der Waals surface area contributed by atoms with Gasteiger partial charge in [0.2, 0.25) is 0 Å². The first-order chi connectivity index (χ1) is 51.4. The average molecular weight is 1410 g/mol. The molecule has 0 unspecified atom stereocenters. The van der Waals surface area contributed by atoms with Gasteiger partial charge in [-0.1, -0.05) is 180 Å². The van der Waals surface area contributed by atoms with Gasteiger partial charge >= 0.3 is 0 Å². The molecule has 108 heavy (non-hydrogen) atoms. The Balaban J connectivity index is 1.15. The second-order valence-electron chi connectivity index (χ2n) is 34.4. The maximum atomic E-state index is 5.03. The molecule has 0 saturated heterocycles. The Morgan fingerprint density at radius 1 is 0.222 bits per heavy atom. The van der Waals surface area contributed by atoms with Crippen molar-refractivity contribution in [3.8, 4) is 0 Å². The van der Waals surface area contributed by atoms with Gasteiger partial charge in [0.25, 0.3) is 0 Å². The van der Waals surface area contributed by atoms with E-state index in [0.717, 1.165) is 189 Å². The van der Waals surface area contributed by atoms with Crippen LogP contribution in [0.15, 0.2) is 231 Å². The van der Waals surface area contributed by atoms with E-state index in [1.165, 1.54) is 22.3 Å². The molecule has 0 fully saturated rings. The van der Waals surface area contributed by atoms with Crippen LogP contribution in [-0.4, -0.2) is 19.9 Å². The number of nitrogens with zero attached hydrogens (tertiary/aromatic N) is 8. The zero-order valence-corrected chi connectivity index (χ0v) is 66.5. The average Bonchev–Trinajstić information content (AvgIpc) is 0.694. The third kappa shape index (κ3) is 12.0.